The molecule has 20 nitrogen and oxygen atoms in total. The number of carbonyl (C=O) groups is 6. The van der Waals surface area contributed by atoms with Crippen molar-refractivity contribution < 1.29 is 43.0 Å². The SMILES string of the molecule is COc1cc2nc(N3CCN(C(=O)c4cn(CCCCOCC(=O)Nc5cccc6c5C(=O)N(C5CCC(=O)NC5=O)C6=O)nn4)CC3)nc(N)c2cc1OC. The van der Waals surface area contributed by atoms with Crippen molar-refractivity contribution in [3.63, 3.8) is 0 Å². The predicted octanol–water partition coefficient (Wildman–Crippen LogP) is 0.620. The molecule has 0 aliphatic carbocycles. The van der Waals surface area contributed by atoms with Crippen molar-refractivity contribution in [3.8, 4) is 11.5 Å². The molecule has 6 amide bonds. The number of hydrogen-bond donors (Lipinski definition) is 3. The first-order chi connectivity index (χ1) is 27.1. The third-order valence-corrected chi connectivity index (χ3v) is 9.73. The molecule has 1 atom stereocenters. The normalized spacial score (nSPS) is 17.0. The molecule has 5 heterocycles. The number of unbranched alkanes of at least 4 members (excludes halogenated alkanes) is 1. The van der Waals surface area contributed by atoms with Crippen LogP contribution in [0.5, 0.6) is 11.5 Å². The monoisotopic (exact) mass is 769 g/mol. The number of fused-ring (bicyclic) bond motifs is 2. The molecule has 2 aromatic carbocycles. The van der Waals surface area contributed by atoms with Crippen LogP contribution < -0.4 is 30.7 Å². The van der Waals surface area contributed by atoms with Crippen LogP contribution in [0.15, 0.2) is 36.5 Å². The molecule has 7 rings (SSSR count). The molecular weight excluding hydrogens is 730 g/mol. The number of nitrogen functional groups attached to an aromatic ring is 1. The van der Waals surface area contributed by atoms with E-state index >= 15 is 0 Å². The molecule has 2 saturated heterocycles. The van der Waals surface area contributed by atoms with Gasteiger partial charge >= 0.3 is 0 Å². The van der Waals surface area contributed by atoms with Crippen molar-refractivity contribution in [1.82, 2.24) is 40.1 Å². The molecule has 4 N–H and O–H groups in total. The van der Waals surface area contributed by atoms with Crippen LogP contribution in [-0.4, -0.2) is 130 Å². The second-order valence-corrected chi connectivity index (χ2v) is 13.3. The van der Waals surface area contributed by atoms with Crippen molar-refractivity contribution in [1.29, 1.82) is 0 Å². The molecule has 3 aliphatic heterocycles. The van der Waals surface area contributed by atoms with Crippen LogP contribution in [-0.2, 0) is 25.7 Å². The van der Waals surface area contributed by atoms with Gasteiger partial charge in [0.15, 0.2) is 17.2 Å². The smallest absolute Gasteiger partial charge is 0.276 e. The fourth-order valence-corrected chi connectivity index (χ4v) is 6.83. The van der Waals surface area contributed by atoms with E-state index in [-0.39, 0.29) is 54.5 Å². The van der Waals surface area contributed by atoms with Gasteiger partial charge in [0, 0.05) is 57.2 Å². The van der Waals surface area contributed by atoms with Crippen molar-refractivity contribution in [2.24, 2.45) is 0 Å². The highest BCUT2D eigenvalue weighted by atomic mass is 16.5. The molecule has 0 saturated carbocycles. The number of hydrogen-bond acceptors (Lipinski definition) is 15. The van der Waals surface area contributed by atoms with Gasteiger partial charge < -0.3 is 35.1 Å². The van der Waals surface area contributed by atoms with Crippen molar-refractivity contribution in [2.75, 3.05) is 69.6 Å². The number of aryl methyl sites for hydroxylation is 1. The minimum absolute atomic E-state index is 0.000703. The van der Waals surface area contributed by atoms with Crippen LogP contribution in [0.3, 0.4) is 0 Å². The fourth-order valence-electron chi connectivity index (χ4n) is 6.83. The average Bonchev–Trinajstić information content (AvgIpc) is 3.77. The third-order valence-electron chi connectivity index (χ3n) is 9.73. The fraction of sp³-hybridized carbons (Fsp3) is 0.389. The molecule has 56 heavy (non-hydrogen) atoms. The molecule has 0 spiro atoms. The highest BCUT2D eigenvalue weighted by Gasteiger charge is 2.45. The lowest BCUT2D eigenvalue weighted by Crippen LogP contribution is -2.54. The number of methoxy groups -OCH3 is 2. The van der Waals surface area contributed by atoms with E-state index < -0.39 is 35.6 Å². The van der Waals surface area contributed by atoms with E-state index in [4.69, 9.17) is 19.9 Å². The number of piperidine rings is 1. The maximum absolute atomic E-state index is 13.2. The number of carbonyl (C=O) groups excluding carboxylic acids is 6. The van der Waals surface area contributed by atoms with Gasteiger partial charge in [-0.15, -0.1) is 5.10 Å². The van der Waals surface area contributed by atoms with Gasteiger partial charge in [-0.2, -0.15) is 4.98 Å². The summed E-state index contributed by atoms with van der Waals surface area (Å²) < 4.78 is 17.9. The zero-order chi connectivity index (χ0) is 39.5. The Labute approximate surface area is 319 Å². The van der Waals surface area contributed by atoms with Gasteiger partial charge in [0.25, 0.3) is 17.7 Å². The second kappa shape index (κ2) is 16.0. The molecule has 2 aromatic heterocycles. The highest BCUT2D eigenvalue weighted by Crippen LogP contribution is 2.35. The van der Waals surface area contributed by atoms with E-state index in [1.807, 2.05) is 4.90 Å². The van der Waals surface area contributed by atoms with Crippen LogP contribution in [0.1, 0.15) is 56.9 Å². The van der Waals surface area contributed by atoms with E-state index in [2.05, 4.69) is 30.9 Å². The number of aromatic nitrogens is 5. The van der Waals surface area contributed by atoms with Gasteiger partial charge in [-0.1, -0.05) is 11.3 Å². The van der Waals surface area contributed by atoms with E-state index in [1.165, 1.54) is 18.2 Å². The van der Waals surface area contributed by atoms with Crippen LogP contribution >= 0.6 is 0 Å². The largest absolute Gasteiger partial charge is 0.493 e. The molecule has 1 unspecified atom stereocenters. The van der Waals surface area contributed by atoms with E-state index in [0.717, 1.165) is 4.90 Å². The van der Waals surface area contributed by atoms with Gasteiger partial charge in [-0.05, 0) is 37.5 Å². The van der Waals surface area contributed by atoms with Crippen molar-refractivity contribution >= 4 is 63.8 Å². The Morgan fingerprint density at radius 1 is 0.982 bits per heavy atom. The molecular formula is C36H39N11O9. The summed E-state index contributed by atoms with van der Waals surface area (Å²) in [7, 11) is 3.09. The lowest BCUT2D eigenvalue weighted by atomic mass is 10.0. The van der Waals surface area contributed by atoms with E-state index in [1.54, 1.807) is 42.1 Å². The Bertz CT molecular complexity index is 2230. The number of rotatable bonds is 13. The Morgan fingerprint density at radius 2 is 1.75 bits per heavy atom. The summed E-state index contributed by atoms with van der Waals surface area (Å²) in [5.41, 5.74) is 7.27. The van der Waals surface area contributed by atoms with Crippen LogP contribution in [0.25, 0.3) is 10.9 Å². The zero-order valence-corrected chi connectivity index (χ0v) is 30.6. The lowest BCUT2D eigenvalue weighted by Gasteiger charge is -2.34. The zero-order valence-electron chi connectivity index (χ0n) is 30.6. The third kappa shape index (κ3) is 7.50. The standard InChI is InChI=1S/C36H39N11O9/c1-54-26-16-21-23(17-27(26)55-2)39-36(41-31(21)37)45-13-11-44(12-14-45)34(52)24-18-46(43-42-24)10-3-4-15-56-19-29(49)38-22-7-5-6-20-30(22)35(53)47(33(20)51)25-8-9-28(48)40-32(25)50/h5-7,16-18,25H,3-4,8-15,19H2,1-2H3,(H,38,49)(H2,37,39,41)(H,40,48,50). The molecule has 0 bridgehead atoms. The summed E-state index contributed by atoms with van der Waals surface area (Å²) in [4.78, 5) is 89.8. The number of piperazine rings is 1. The molecule has 20 heteroatoms. The summed E-state index contributed by atoms with van der Waals surface area (Å²) in [5, 5.41) is 13.6. The number of benzene rings is 2. The van der Waals surface area contributed by atoms with Crippen molar-refractivity contribution in [2.45, 2.75) is 38.3 Å². The Balaban J connectivity index is 0.836. The number of imide groups is 2. The number of nitrogens with one attached hydrogen (secondary N) is 2. The first kappa shape index (κ1) is 37.6. The molecule has 3 aliphatic rings. The van der Waals surface area contributed by atoms with Crippen LogP contribution in [0.4, 0.5) is 17.5 Å². The minimum Gasteiger partial charge on any atom is -0.493 e. The summed E-state index contributed by atoms with van der Waals surface area (Å²) in [6.45, 7) is 2.24. The van der Waals surface area contributed by atoms with Crippen LogP contribution in [0, 0.1) is 0 Å². The maximum Gasteiger partial charge on any atom is 0.276 e. The van der Waals surface area contributed by atoms with Gasteiger partial charge in [0.05, 0.1) is 42.7 Å². The van der Waals surface area contributed by atoms with Crippen molar-refractivity contribution in [3.05, 3.63) is 53.3 Å². The van der Waals surface area contributed by atoms with Gasteiger partial charge in [-0.25, -0.2) is 4.98 Å². The molecule has 0 radical (unpaired) electrons. The molecule has 2 fully saturated rings. The number of nitrogens with two attached hydrogens (primary N) is 1. The summed E-state index contributed by atoms with van der Waals surface area (Å²) >= 11 is 0. The van der Waals surface area contributed by atoms with Gasteiger partial charge in [0.2, 0.25) is 23.7 Å². The maximum atomic E-state index is 13.2. The quantitative estimate of drug-likeness (QED) is 0.125. The van der Waals surface area contributed by atoms with Gasteiger partial charge in [-0.3, -0.25) is 43.7 Å². The van der Waals surface area contributed by atoms with Gasteiger partial charge in [0.1, 0.15) is 18.5 Å². The average molecular weight is 770 g/mol. The van der Waals surface area contributed by atoms with E-state index in [0.29, 0.717) is 79.7 Å². The summed E-state index contributed by atoms with van der Waals surface area (Å²) in [6.07, 6.45) is 2.83. The lowest BCUT2D eigenvalue weighted by molar-refractivity contribution is -0.136. The number of anilines is 3. The van der Waals surface area contributed by atoms with Crippen LogP contribution in [0.2, 0.25) is 0 Å². The second-order valence-electron chi connectivity index (χ2n) is 13.3. The molecule has 292 valence electrons. The Morgan fingerprint density at radius 3 is 2.50 bits per heavy atom. The Hall–Kier alpha value is -6.70. The number of ether oxygens (including phenoxy) is 3. The van der Waals surface area contributed by atoms with E-state index in [9.17, 15) is 28.8 Å². The topological polar surface area (TPSA) is 246 Å². The summed E-state index contributed by atoms with van der Waals surface area (Å²) in [5.74, 6) is -1.53. The Kier molecular flexibility index (Phi) is 10.7. The minimum atomic E-state index is -1.12. The highest BCUT2D eigenvalue weighted by molar-refractivity contribution is 6.26. The number of nitrogens with zero attached hydrogens (tertiary/aromatic N) is 8. The number of amides is 6. The predicted molar refractivity (Wildman–Crippen MR) is 197 cm³/mol. The summed E-state index contributed by atoms with van der Waals surface area (Å²) in [6, 6.07) is 6.83. The molecule has 4 aromatic rings. The first-order valence-corrected chi connectivity index (χ1v) is 17.9. The first-order valence-electron chi connectivity index (χ1n) is 17.9.